The van der Waals surface area contributed by atoms with Crippen LogP contribution in [0.5, 0.6) is 0 Å². The smallest absolute Gasteiger partial charge is 0.273 e. The fraction of sp³-hybridized carbons (Fsp3) is 0.438. The molecule has 1 unspecified atom stereocenters. The minimum Gasteiger partial charge on any atom is -0.330 e. The van der Waals surface area contributed by atoms with Crippen molar-refractivity contribution >= 4 is 5.91 Å². The number of aromatic amines is 1. The molecule has 2 aromatic rings. The first kappa shape index (κ1) is 13.8. The van der Waals surface area contributed by atoms with Crippen molar-refractivity contribution in [1.82, 2.24) is 20.1 Å². The summed E-state index contributed by atoms with van der Waals surface area (Å²) in [5, 5.41) is 6.86. The van der Waals surface area contributed by atoms with Crippen LogP contribution in [-0.4, -0.2) is 32.5 Å². The Kier molecular flexibility index (Phi) is 3.73. The van der Waals surface area contributed by atoms with E-state index in [2.05, 4.69) is 15.2 Å². The summed E-state index contributed by atoms with van der Waals surface area (Å²) in [6.45, 7) is 4.72. The SMILES string of the molecule is Cc1cnc(C(=O)N2CCCCC2c2cn[nH]c2)c(C)c1. The number of likely N-dealkylation sites (tertiary alicyclic amines) is 1. The van der Waals surface area contributed by atoms with Gasteiger partial charge < -0.3 is 4.90 Å². The molecule has 3 rings (SSSR count). The molecule has 1 atom stereocenters. The van der Waals surface area contributed by atoms with E-state index < -0.39 is 0 Å². The second kappa shape index (κ2) is 5.68. The lowest BCUT2D eigenvalue weighted by atomic mass is 9.96. The van der Waals surface area contributed by atoms with Crippen LogP contribution in [0.1, 0.15) is 52.5 Å². The van der Waals surface area contributed by atoms with E-state index in [1.165, 1.54) is 0 Å². The maximum absolute atomic E-state index is 12.9. The Morgan fingerprint density at radius 3 is 2.90 bits per heavy atom. The van der Waals surface area contributed by atoms with Crippen molar-refractivity contribution in [3.8, 4) is 0 Å². The molecule has 5 heteroatoms. The van der Waals surface area contributed by atoms with Gasteiger partial charge in [0.25, 0.3) is 5.91 Å². The van der Waals surface area contributed by atoms with Crippen molar-refractivity contribution in [1.29, 1.82) is 0 Å². The summed E-state index contributed by atoms with van der Waals surface area (Å²) < 4.78 is 0. The molecule has 0 aliphatic carbocycles. The van der Waals surface area contributed by atoms with Crippen LogP contribution in [0.25, 0.3) is 0 Å². The second-order valence-corrected chi connectivity index (χ2v) is 5.72. The average molecular weight is 284 g/mol. The largest absolute Gasteiger partial charge is 0.330 e. The maximum Gasteiger partial charge on any atom is 0.273 e. The molecule has 0 aromatic carbocycles. The van der Waals surface area contributed by atoms with Gasteiger partial charge in [-0.1, -0.05) is 6.07 Å². The molecule has 1 aliphatic heterocycles. The number of nitrogens with zero attached hydrogens (tertiary/aromatic N) is 3. The number of H-pyrrole nitrogens is 1. The van der Waals surface area contributed by atoms with Gasteiger partial charge in [-0.15, -0.1) is 0 Å². The van der Waals surface area contributed by atoms with E-state index >= 15 is 0 Å². The summed E-state index contributed by atoms with van der Waals surface area (Å²) in [7, 11) is 0. The molecule has 110 valence electrons. The molecule has 1 aliphatic rings. The van der Waals surface area contributed by atoms with Crippen molar-refractivity contribution in [3.63, 3.8) is 0 Å². The third kappa shape index (κ3) is 2.68. The van der Waals surface area contributed by atoms with E-state index in [0.717, 1.165) is 42.5 Å². The average Bonchev–Trinajstić information content (AvgIpc) is 3.01. The summed E-state index contributed by atoms with van der Waals surface area (Å²) in [5.74, 6) is 0.0263. The van der Waals surface area contributed by atoms with Crippen LogP contribution < -0.4 is 0 Å². The third-order valence-electron chi connectivity index (χ3n) is 4.09. The van der Waals surface area contributed by atoms with Gasteiger partial charge in [-0.3, -0.25) is 14.9 Å². The molecule has 0 saturated carbocycles. The molecule has 1 N–H and O–H groups in total. The number of nitrogens with one attached hydrogen (secondary N) is 1. The van der Waals surface area contributed by atoms with E-state index in [1.807, 2.05) is 37.2 Å². The Morgan fingerprint density at radius 1 is 1.33 bits per heavy atom. The second-order valence-electron chi connectivity index (χ2n) is 5.72. The lowest BCUT2D eigenvalue weighted by molar-refractivity contribution is 0.0604. The van der Waals surface area contributed by atoms with Crippen molar-refractivity contribution < 1.29 is 4.79 Å². The van der Waals surface area contributed by atoms with Crippen LogP contribution in [0.3, 0.4) is 0 Å². The number of hydrogen-bond donors (Lipinski definition) is 1. The molecular weight excluding hydrogens is 264 g/mol. The van der Waals surface area contributed by atoms with Gasteiger partial charge in [0.1, 0.15) is 5.69 Å². The number of carbonyl (C=O) groups excluding carboxylic acids is 1. The fourth-order valence-electron chi connectivity index (χ4n) is 3.04. The lowest BCUT2D eigenvalue weighted by Gasteiger charge is -2.35. The maximum atomic E-state index is 12.9. The minimum absolute atomic E-state index is 0.0263. The topological polar surface area (TPSA) is 61.9 Å². The highest BCUT2D eigenvalue weighted by molar-refractivity contribution is 5.94. The van der Waals surface area contributed by atoms with Crippen LogP contribution >= 0.6 is 0 Å². The van der Waals surface area contributed by atoms with Crippen molar-refractivity contribution in [2.45, 2.75) is 39.2 Å². The molecule has 21 heavy (non-hydrogen) atoms. The Morgan fingerprint density at radius 2 is 2.19 bits per heavy atom. The number of amides is 1. The van der Waals surface area contributed by atoms with Crippen molar-refractivity contribution in [2.24, 2.45) is 0 Å². The minimum atomic E-state index is 0.0263. The van der Waals surface area contributed by atoms with E-state index in [-0.39, 0.29) is 11.9 Å². The summed E-state index contributed by atoms with van der Waals surface area (Å²) in [4.78, 5) is 19.2. The lowest BCUT2D eigenvalue weighted by Crippen LogP contribution is -2.39. The quantitative estimate of drug-likeness (QED) is 0.922. The van der Waals surface area contributed by atoms with E-state index in [0.29, 0.717) is 5.69 Å². The van der Waals surface area contributed by atoms with Crippen molar-refractivity contribution in [3.05, 3.63) is 47.0 Å². The van der Waals surface area contributed by atoms with Crippen LogP contribution in [0.2, 0.25) is 0 Å². The highest BCUT2D eigenvalue weighted by Crippen LogP contribution is 2.31. The third-order valence-corrected chi connectivity index (χ3v) is 4.09. The standard InChI is InChI=1S/C16H20N4O/c1-11-7-12(2)15(17-8-11)16(21)20-6-4-3-5-14(20)13-9-18-19-10-13/h7-10,14H,3-6H2,1-2H3,(H,18,19). The van der Waals surface area contributed by atoms with Gasteiger partial charge in [0.15, 0.2) is 0 Å². The molecule has 0 radical (unpaired) electrons. The van der Waals surface area contributed by atoms with Gasteiger partial charge in [-0.2, -0.15) is 5.10 Å². The molecule has 0 bridgehead atoms. The first-order valence-electron chi connectivity index (χ1n) is 7.39. The van der Waals surface area contributed by atoms with Crippen LogP contribution in [0.4, 0.5) is 0 Å². The number of aryl methyl sites for hydroxylation is 2. The monoisotopic (exact) mass is 284 g/mol. The van der Waals surface area contributed by atoms with Gasteiger partial charge in [0.05, 0.1) is 12.2 Å². The van der Waals surface area contributed by atoms with Gasteiger partial charge in [0.2, 0.25) is 0 Å². The molecular formula is C16H20N4O. The Labute approximate surface area is 124 Å². The zero-order valence-electron chi connectivity index (χ0n) is 12.5. The molecule has 2 aromatic heterocycles. The normalized spacial score (nSPS) is 18.8. The Balaban J connectivity index is 1.91. The van der Waals surface area contributed by atoms with Crippen LogP contribution in [0, 0.1) is 13.8 Å². The molecule has 0 spiro atoms. The molecule has 1 fully saturated rings. The fourth-order valence-corrected chi connectivity index (χ4v) is 3.04. The van der Waals surface area contributed by atoms with E-state index in [4.69, 9.17) is 0 Å². The van der Waals surface area contributed by atoms with E-state index in [9.17, 15) is 4.79 Å². The summed E-state index contributed by atoms with van der Waals surface area (Å²) in [6.07, 6.45) is 8.62. The zero-order chi connectivity index (χ0) is 14.8. The predicted molar refractivity (Wildman–Crippen MR) is 79.9 cm³/mol. The Hall–Kier alpha value is -2.17. The highest BCUT2D eigenvalue weighted by Gasteiger charge is 2.30. The van der Waals surface area contributed by atoms with Crippen molar-refractivity contribution in [2.75, 3.05) is 6.54 Å². The first-order valence-corrected chi connectivity index (χ1v) is 7.39. The number of aromatic nitrogens is 3. The first-order chi connectivity index (χ1) is 10.2. The summed E-state index contributed by atoms with van der Waals surface area (Å²) in [6, 6.07) is 2.12. The van der Waals surface area contributed by atoms with Gasteiger partial charge >= 0.3 is 0 Å². The Bertz CT molecular complexity index is 636. The molecule has 1 amide bonds. The summed E-state index contributed by atoms with van der Waals surface area (Å²) in [5.41, 5.74) is 3.66. The van der Waals surface area contributed by atoms with Gasteiger partial charge in [-0.25, -0.2) is 0 Å². The molecule has 5 nitrogen and oxygen atoms in total. The number of piperidine rings is 1. The van der Waals surface area contributed by atoms with Gasteiger partial charge in [-0.05, 0) is 44.2 Å². The number of carbonyl (C=O) groups is 1. The number of pyridine rings is 1. The van der Waals surface area contributed by atoms with Crippen LogP contribution in [0.15, 0.2) is 24.7 Å². The zero-order valence-corrected chi connectivity index (χ0v) is 12.5. The number of rotatable bonds is 2. The highest BCUT2D eigenvalue weighted by atomic mass is 16.2. The van der Waals surface area contributed by atoms with Crippen LogP contribution in [-0.2, 0) is 0 Å². The van der Waals surface area contributed by atoms with E-state index in [1.54, 1.807) is 6.20 Å². The molecule has 1 saturated heterocycles. The van der Waals surface area contributed by atoms with Gasteiger partial charge in [0, 0.05) is 24.5 Å². The summed E-state index contributed by atoms with van der Waals surface area (Å²) >= 11 is 0. The predicted octanol–water partition coefficient (Wildman–Crippen LogP) is 2.79. The number of hydrogen-bond acceptors (Lipinski definition) is 3. The molecule has 3 heterocycles.